The van der Waals surface area contributed by atoms with Gasteiger partial charge in [0.05, 0.1) is 22.8 Å². The summed E-state index contributed by atoms with van der Waals surface area (Å²) in [4.78, 5) is -0.587. The molecule has 0 unspecified atom stereocenters. The highest BCUT2D eigenvalue weighted by Crippen LogP contribution is 2.38. The van der Waals surface area contributed by atoms with Gasteiger partial charge in [0.25, 0.3) is 10.0 Å². The second-order valence-electron chi connectivity index (χ2n) is 5.04. The van der Waals surface area contributed by atoms with Crippen LogP contribution in [0.3, 0.4) is 0 Å². The van der Waals surface area contributed by atoms with Crippen LogP contribution in [-0.4, -0.2) is 21.6 Å². The Hall–Kier alpha value is -1.93. The number of hydrogen-bond acceptors (Lipinski definition) is 3. The number of sulfonamides is 1. The lowest BCUT2D eigenvalue weighted by molar-refractivity contribution is -0.137. The van der Waals surface area contributed by atoms with Crippen LogP contribution in [0.2, 0.25) is 5.02 Å². The normalized spacial score (nSPS) is 14.9. The van der Waals surface area contributed by atoms with Crippen molar-refractivity contribution in [3.8, 4) is 5.75 Å². The van der Waals surface area contributed by atoms with E-state index in [1.165, 1.54) is 6.07 Å². The summed E-state index contributed by atoms with van der Waals surface area (Å²) in [5.74, 6) is 0.343. The molecule has 0 amide bonds. The van der Waals surface area contributed by atoms with Crippen molar-refractivity contribution >= 4 is 27.3 Å². The number of benzene rings is 2. The smallest absolute Gasteiger partial charge is 0.416 e. The second-order valence-corrected chi connectivity index (χ2v) is 7.27. The predicted octanol–water partition coefficient (Wildman–Crippen LogP) is 3.95. The highest BCUT2D eigenvalue weighted by molar-refractivity contribution is 7.93. The summed E-state index contributed by atoms with van der Waals surface area (Å²) in [6, 6.07) is 8.63. The summed E-state index contributed by atoms with van der Waals surface area (Å²) < 4.78 is 70.8. The summed E-state index contributed by atoms with van der Waals surface area (Å²) >= 11 is 5.87. The summed E-state index contributed by atoms with van der Waals surface area (Å²) in [7, 11) is -4.27. The van der Waals surface area contributed by atoms with Gasteiger partial charge in [-0.25, -0.2) is 8.42 Å². The summed E-state index contributed by atoms with van der Waals surface area (Å²) in [6.07, 6.45) is -4.67. The van der Waals surface area contributed by atoms with Crippen LogP contribution in [0.15, 0.2) is 47.4 Å². The Morgan fingerprint density at radius 1 is 1.12 bits per heavy atom. The molecule has 0 aliphatic carbocycles. The first-order chi connectivity index (χ1) is 11.2. The van der Waals surface area contributed by atoms with Crippen molar-refractivity contribution in [1.82, 2.24) is 0 Å². The van der Waals surface area contributed by atoms with Gasteiger partial charge in [0, 0.05) is 0 Å². The van der Waals surface area contributed by atoms with Gasteiger partial charge in [-0.3, -0.25) is 4.31 Å². The molecule has 24 heavy (non-hydrogen) atoms. The van der Waals surface area contributed by atoms with Crippen molar-refractivity contribution in [2.75, 3.05) is 17.5 Å². The van der Waals surface area contributed by atoms with Gasteiger partial charge in [0.2, 0.25) is 0 Å². The number of para-hydroxylation sites is 2. The van der Waals surface area contributed by atoms with E-state index in [0.717, 1.165) is 16.4 Å². The Bertz CT molecular complexity index is 884. The molecule has 0 aromatic heterocycles. The molecule has 0 bridgehead atoms. The van der Waals surface area contributed by atoms with E-state index in [4.69, 9.17) is 16.3 Å². The number of halogens is 4. The number of hydrogen-bond donors (Lipinski definition) is 0. The molecule has 0 radical (unpaired) electrons. The molecule has 128 valence electrons. The zero-order valence-corrected chi connectivity index (χ0v) is 13.6. The maximum atomic E-state index is 12.9. The third-order valence-electron chi connectivity index (χ3n) is 3.51. The third kappa shape index (κ3) is 2.91. The van der Waals surface area contributed by atoms with Gasteiger partial charge in [-0.2, -0.15) is 13.2 Å². The highest BCUT2D eigenvalue weighted by Gasteiger charge is 2.36. The number of ether oxygens (including phenoxy) is 1. The molecule has 1 aliphatic heterocycles. The second kappa shape index (κ2) is 5.86. The average Bonchev–Trinajstić information content (AvgIpc) is 2.53. The highest BCUT2D eigenvalue weighted by atomic mass is 35.5. The van der Waals surface area contributed by atoms with Crippen LogP contribution in [0.1, 0.15) is 5.56 Å². The van der Waals surface area contributed by atoms with E-state index in [1.54, 1.807) is 18.2 Å². The Morgan fingerprint density at radius 3 is 2.54 bits per heavy atom. The zero-order chi connectivity index (χ0) is 17.5. The zero-order valence-electron chi connectivity index (χ0n) is 12.0. The first kappa shape index (κ1) is 16.9. The monoisotopic (exact) mass is 377 g/mol. The molecule has 1 heterocycles. The summed E-state index contributed by atoms with van der Waals surface area (Å²) in [5, 5.41) is -0.271. The molecule has 4 nitrogen and oxygen atoms in total. The topological polar surface area (TPSA) is 46.6 Å². The molecule has 1 aliphatic rings. The molecular weight excluding hydrogens is 367 g/mol. The molecule has 0 fully saturated rings. The number of fused-ring (bicyclic) bond motifs is 1. The largest absolute Gasteiger partial charge is 0.489 e. The molecule has 2 aromatic rings. The van der Waals surface area contributed by atoms with Crippen molar-refractivity contribution in [1.29, 1.82) is 0 Å². The van der Waals surface area contributed by atoms with Gasteiger partial charge < -0.3 is 4.74 Å². The van der Waals surface area contributed by atoms with Crippen LogP contribution in [-0.2, 0) is 16.2 Å². The fourth-order valence-electron chi connectivity index (χ4n) is 2.39. The SMILES string of the molecule is O=S(=O)(c1cc(C(F)(F)F)ccc1Cl)N1CCOc2ccccc21. The molecule has 0 atom stereocenters. The van der Waals surface area contributed by atoms with E-state index in [9.17, 15) is 21.6 Å². The lowest BCUT2D eigenvalue weighted by Crippen LogP contribution is -2.38. The van der Waals surface area contributed by atoms with Crippen LogP contribution in [0, 0.1) is 0 Å². The summed E-state index contributed by atoms with van der Waals surface area (Å²) in [5.41, 5.74) is -0.816. The van der Waals surface area contributed by atoms with E-state index < -0.39 is 26.7 Å². The lowest BCUT2D eigenvalue weighted by atomic mass is 10.2. The molecule has 0 spiro atoms. The molecule has 0 saturated carbocycles. The maximum Gasteiger partial charge on any atom is 0.416 e. The first-order valence-electron chi connectivity index (χ1n) is 6.82. The lowest BCUT2D eigenvalue weighted by Gasteiger charge is -2.30. The van der Waals surface area contributed by atoms with Crippen LogP contribution < -0.4 is 9.04 Å². The summed E-state index contributed by atoms with van der Waals surface area (Å²) in [6.45, 7) is 0.0682. The quantitative estimate of drug-likeness (QED) is 0.796. The van der Waals surface area contributed by atoms with Gasteiger partial charge in [-0.05, 0) is 30.3 Å². The molecule has 9 heteroatoms. The molecular formula is C15H11ClF3NO3S. The van der Waals surface area contributed by atoms with Crippen molar-refractivity contribution in [3.05, 3.63) is 53.1 Å². The van der Waals surface area contributed by atoms with Crippen molar-refractivity contribution in [3.63, 3.8) is 0 Å². The Kier molecular flexibility index (Phi) is 4.13. The van der Waals surface area contributed by atoms with Gasteiger partial charge in [0.1, 0.15) is 17.3 Å². The minimum Gasteiger partial charge on any atom is -0.489 e. The predicted molar refractivity (Wildman–Crippen MR) is 82.9 cm³/mol. The van der Waals surface area contributed by atoms with Crippen LogP contribution in [0.25, 0.3) is 0 Å². The first-order valence-corrected chi connectivity index (χ1v) is 8.64. The fraction of sp³-hybridized carbons (Fsp3) is 0.200. The molecule has 0 N–H and O–H groups in total. The van der Waals surface area contributed by atoms with Crippen molar-refractivity contribution in [2.45, 2.75) is 11.1 Å². The number of rotatable bonds is 2. The Morgan fingerprint density at radius 2 is 1.83 bits per heavy atom. The molecule has 2 aromatic carbocycles. The van der Waals surface area contributed by atoms with Gasteiger partial charge in [0.15, 0.2) is 0 Å². The minimum atomic E-state index is -4.67. The van der Waals surface area contributed by atoms with E-state index in [-0.39, 0.29) is 23.9 Å². The minimum absolute atomic E-state index is 0.0219. The standard InChI is InChI=1S/C15H11ClF3NO3S/c16-11-6-5-10(15(17,18)19)9-14(11)24(21,22)20-7-8-23-13-4-2-1-3-12(13)20/h1-6,9H,7-8H2. The number of nitrogens with zero attached hydrogens (tertiary/aromatic N) is 1. The fourth-order valence-corrected chi connectivity index (χ4v) is 4.35. The maximum absolute atomic E-state index is 12.9. The van der Waals surface area contributed by atoms with Gasteiger partial charge in [-0.1, -0.05) is 23.7 Å². The van der Waals surface area contributed by atoms with E-state index in [2.05, 4.69) is 0 Å². The van der Waals surface area contributed by atoms with Crippen LogP contribution in [0.5, 0.6) is 5.75 Å². The molecule has 0 saturated heterocycles. The van der Waals surface area contributed by atoms with Gasteiger partial charge >= 0.3 is 6.18 Å². The van der Waals surface area contributed by atoms with Crippen molar-refractivity contribution < 1.29 is 26.3 Å². The Labute approximate surface area is 141 Å². The number of alkyl halides is 3. The third-order valence-corrected chi connectivity index (χ3v) is 5.81. The van der Waals surface area contributed by atoms with Crippen molar-refractivity contribution in [2.24, 2.45) is 0 Å². The van der Waals surface area contributed by atoms with Crippen LogP contribution >= 0.6 is 11.6 Å². The number of anilines is 1. The van der Waals surface area contributed by atoms with Crippen LogP contribution in [0.4, 0.5) is 18.9 Å². The van der Waals surface area contributed by atoms with E-state index >= 15 is 0 Å². The van der Waals surface area contributed by atoms with E-state index in [1.807, 2.05) is 0 Å². The van der Waals surface area contributed by atoms with Gasteiger partial charge in [-0.15, -0.1) is 0 Å². The molecule has 3 rings (SSSR count). The van der Waals surface area contributed by atoms with E-state index in [0.29, 0.717) is 11.8 Å². The average molecular weight is 378 g/mol. The Balaban J connectivity index is 2.13.